The van der Waals surface area contributed by atoms with Crippen LogP contribution in [0.15, 0.2) is 16.9 Å². The lowest BCUT2D eigenvalue weighted by molar-refractivity contribution is -0.122. The number of nitrogens with zero attached hydrogens (tertiary/aromatic N) is 1. The number of nitrogens with one attached hydrogen (secondary N) is 1. The van der Waals surface area contributed by atoms with Crippen molar-refractivity contribution >= 4 is 12.0 Å². The first-order chi connectivity index (χ1) is 14.5. The van der Waals surface area contributed by atoms with Crippen LogP contribution < -0.4 is 5.32 Å². The Labute approximate surface area is 188 Å². The number of Topliss-reactive ketones (excluding diaryl/α,β-unsaturated/α-hetero) is 1. The van der Waals surface area contributed by atoms with Crippen LogP contribution in [-0.2, 0) is 4.79 Å². The molecule has 0 aromatic carbocycles. The molecule has 3 nitrogen and oxygen atoms in total. The average molecular weight is 421 g/mol. The Morgan fingerprint density at radius 2 is 1.43 bits per heavy atom. The van der Waals surface area contributed by atoms with Crippen molar-refractivity contribution < 1.29 is 4.79 Å². The van der Waals surface area contributed by atoms with Gasteiger partial charge < -0.3 is 5.32 Å². The second kappa shape index (κ2) is 21.1. The van der Waals surface area contributed by atoms with Crippen LogP contribution in [-0.4, -0.2) is 18.5 Å². The van der Waals surface area contributed by atoms with Crippen molar-refractivity contribution in [1.29, 1.82) is 0 Å². The molecule has 0 aliphatic rings. The molecule has 0 spiro atoms. The molecule has 0 aliphatic heterocycles. The van der Waals surface area contributed by atoms with Gasteiger partial charge in [-0.15, -0.1) is 0 Å². The molecule has 1 N–H and O–H groups in total. The zero-order valence-corrected chi connectivity index (χ0v) is 21.0. The van der Waals surface area contributed by atoms with Crippen LogP contribution >= 0.6 is 0 Å². The summed E-state index contributed by atoms with van der Waals surface area (Å²) < 4.78 is 0. The first-order valence-corrected chi connectivity index (χ1v) is 12.9. The van der Waals surface area contributed by atoms with E-state index in [1.54, 1.807) is 0 Å². The highest BCUT2D eigenvalue weighted by atomic mass is 16.1. The van der Waals surface area contributed by atoms with E-state index in [9.17, 15) is 4.79 Å². The molecule has 0 radical (unpaired) electrons. The zero-order valence-electron chi connectivity index (χ0n) is 21.0. The summed E-state index contributed by atoms with van der Waals surface area (Å²) in [7, 11) is 0. The van der Waals surface area contributed by atoms with Crippen LogP contribution in [0.25, 0.3) is 0 Å². The maximum atomic E-state index is 11.6. The first-order valence-electron chi connectivity index (χ1n) is 12.9. The Balaban J connectivity index is 3.91. The second-order valence-electron chi connectivity index (χ2n) is 9.53. The summed E-state index contributed by atoms with van der Waals surface area (Å²) in [6.45, 7) is 11.9. The van der Waals surface area contributed by atoms with Crippen molar-refractivity contribution in [3.63, 3.8) is 0 Å². The highest BCUT2D eigenvalue weighted by Gasteiger charge is 2.05. The fourth-order valence-corrected chi connectivity index (χ4v) is 3.41. The molecule has 30 heavy (non-hydrogen) atoms. The van der Waals surface area contributed by atoms with Gasteiger partial charge in [-0.2, -0.15) is 0 Å². The van der Waals surface area contributed by atoms with Gasteiger partial charge in [0.25, 0.3) is 0 Å². The molecule has 0 aliphatic carbocycles. The van der Waals surface area contributed by atoms with Gasteiger partial charge in [0.05, 0.1) is 5.70 Å². The van der Waals surface area contributed by atoms with E-state index in [-0.39, 0.29) is 5.92 Å². The summed E-state index contributed by atoms with van der Waals surface area (Å²) in [5.74, 6) is 1.45. The van der Waals surface area contributed by atoms with Gasteiger partial charge in [0, 0.05) is 31.3 Å². The number of aliphatic imine (C=N–C) groups is 1. The highest BCUT2D eigenvalue weighted by Crippen LogP contribution is 2.14. The zero-order chi connectivity index (χ0) is 22.5. The number of allylic oxidation sites excluding steroid dienone is 1. The molecule has 0 saturated carbocycles. The predicted octanol–water partition coefficient (Wildman–Crippen LogP) is 8.24. The molecular weight excluding hydrogens is 368 g/mol. The Kier molecular flexibility index (Phi) is 20.3. The minimum Gasteiger partial charge on any atom is -0.389 e. The smallest absolute Gasteiger partial charge is 0.135 e. The maximum absolute atomic E-state index is 11.6. The lowest BCUT2D eigenvalue weighted by Gasteiger charge is -2.07. The normalized spacial score (nSPS) is 12.4. The lowest BCUT2D eigenvalue weighted by Crippen LogP contribution is -2.08. The van der Waals surface area contributed by atoms with Crippen molar-refractivity contribution in [2.75, 3.05) is 6.54 Å². The number of carbonyl (C=O) groups excluding carboxylic acids is 1. The molecule has 0 aromatic rings. The molecule has 0 bridgehead atoms. The third-order valence-electron chi connectivity index (χ3n) is 5.55. The molecule has 0 heterocycles. The summed E-state index contributed by atoms with van der Waals surface area (Å²) in [5, 5.41) is 3.49. The van der Waals surface area contributed by atoms with Crippen molar-refractivity contribution in [2.24, 2.45) is 16.8 Å². The van der Waals surface area contributed by atoms with Crippen LogP contribution in [0.1, 0.15) is 131 Å². The molecule has 176 valence electrons. The van der Waals surface area contributed by atoms with Gasteiger partial charge >= 0.3 is 0 Å². The number of ketones is 1. The molecule has 0 atom stereocenters. The van der Waals surface area contributed by atoms with Crippen molar-refractivity contribution in [3.05, 3.63) is 11.9 Å². The van der Waals surface area contributed by atoms with E-state index < -0.39 is 0 Å². The van der Waals surface area contributed by atoms with Crippen LogP contribution in [0.4, 0.5) is 0 Å². The van der Waals surface area contributed by atoms with Gasteiger partial charge in [0.2, 0.25) is 0 Å². The minimum absolute atomic E-state index is 0.196. The van der Waals surface area contributed by atoms with Gasteiger partial charge in [-0.05, 0) is 38.0 Å². The van der Waals surface area contributed by atoms with E-state index in [0.29, 0.717) is 5.78 Å². The summed E-state index contributed by atoms with van der Waals surface area (Å²) in [5.41, 5.74) is 1.20. The van der Waals surface area contributed by atoms with Crippen molar-refractivity contribution in [3.8, 4) is 0 Å². The Hall–Kier alpha value is -1.12. The van der Waals surface area contributed by atoms with Gasteiger partial charge in [-0.25, -0.2) is 0 Å². The van der Waals surface area contributed by atoms with E-state index >= 15 is 0 Å². The highest BCUT2D eigenvalue weighted by molar-refractivity contribution is 5.80. The predicted molar refractivity (Wildman–Crippen MR) is 134 cm³/mol. The number of hydrogen-bond donors (Lipinski definition) is 1. The molecule has 0 unspecified atom stereocenters. The number of carbonyl (C=O) groups is 1. The number of hydrogen-bond acceptors (Lipinski definition) is 3. The quantitative estimate of drug-likeness (QED) is 0.150. The fourth-order valence-electron chi connectivity index (χ4n) is 3.41. The molecule has 0 amide bonds. The maximum Gasteiger partial charge on any atom is 0.135 e. The average Bonchev–Trinajstić information content (AvgIpc) is 2.70. The van der Waals surface area contributed by atoms with E-state index in [1.165, 1.54) is 69.9 Å². The van der Waals surface area contributed by atoms with Gasteiger partial charge in [0.1, 0.15) is 5.78 Å². The molecule has 0 saturated heterocycles. The Morgan fingerprint density at radius 1 is 0.833 bits per heavy atom. The monoisotopic (exact) mass is 420 g/mol. The van der Waals surface area contributed by atoms with Crippen molar-refractivity contribution in [1.82, 2.24) is 5.32 Å². The SMILES string of the molecule is CCCC=N/C(=C\NCCCCCCC(C)C)CCCCCCCCC(=O)C(C)C. The van der Waals surface area contributed by atoms with Crippen LogP contribution in [0, 0.1) is 11.8 Å². The van der Waals surface area contributed by atoms with Crippen LogP contribution in [0.2, 0.25) is 0 Å². The van der Waals surface area contributed by atoms with E-state index in [2.05, 4.69) is 38.5 Å². The fraction of sp³-hybridized carbons (Fsp3) is 0.852. The van der Waals surface area contributed by atoms with Gasteiger partial charge in [-0.1, -0.05) is 92.4 Å². The molecule has 0 rings (SSSR count). The van der Waals surface area contributed by atoms with Crippen LogP contribution in [0.5, 0.6) is 0 Å². The third-order valence-corrected chi connectivity index (χ3v) is 5.55. The van der Waals surface area contributed by atoms with Gasteiger partial charge in [0.15, 0.2) is 0 Å². The summed E-state index contributed by atoms with van der Waals surface area (Å²) >= 11 is 0. The molecule has 0 fully saturated rings. The summed E-state index contributed by atoms with van der Waals surface area (Å²) in [4.78, 5) is 16.3. The summed E-state index contributed by atoms with van der Waals surface area (Å²) in [6.07, 6.45) is 22.2. The largest absolute Gasteiger partial charge is 0.389 e. The minimum atomic E-state index is 0.196. The Morgan fingerprint density at radius 3 is 2.07 bits per heavy atom. The summed E-state index contributed by atoms with van der Waals surface area (Å²) in [6, 6.07) is 0. The molecular formula is C27H52N2O. The lowest BCUT2D eigenvalue weighted by atomic mass is 10.0. The van der Waals surface area contributed by atoms with E-state index in [0.717, 1.165) is 44.6 Å². The van der Waals surface area contributed by atoms with E-state index in [4.69, 9.17) is 4.99 Å². The molecule has 0 aromatic heterocycles. The van der Waals surface area contributed by atoms with E-state index in [1.807, 2.05) is 13.8 Å². The van der Waals surface area contributed by atoms with Gasteiger partial charge in [-0.3, -0.25) is 9.79 Å². The number of rotatable bonds is 21. The third kappa shape index (κ3) is 20.2. The number of unbranched alkanes of at least 4 members (excludes halogenated alkanes) is 9. The topological polar surface area (TPSA) is 41.5 Å². The Bertz CT molecular complexity index is 452. The van der Waals surface area contributed by atoms with Crippen LogP contribution in [0.3, 0.4) is 0 Å². The standard InChI is InChI=1S/C27H52N2O/c1-6-7-22-29-26(23-28-21-17-13-12-14-18-24(2)3)19-15-10-8-9-11-16-20-27(30)25(4)5/h22-25,28H,6-21H2,1-5H3/b26-23-,29-22?. The molecule has 3 heteroatoms. The second-order valence-corrected chi connectivity index (χ2v) is 9.53. The first kappa shape index (κ1) is 28.9. The van der Waals surface area contributed by atoms with Crippen molar-refractivity contribution in [2.45, 2.75) is 131 Å².